The lowest BCUT2D eigenvalue weighted by molar-refractivity contribution is -0.131. The minimum Gasteiger partial charge on any atom is -0.352 e. The Morgan fingerprint density at radius 2 is 2.00 bits per heavy atom. The second-order valence-electron chi connectivity index (χ2n) is 7.66. The summed E-state index contributed by atoms with van der Waals surface area (Å²) in [5.41, 5.74) is 6.98. The van der Waals surface area contributed by atoms with Gasteiger partial charge >= 0.3 is 0 Å². The molecule has 0 radical (unpaired) electrons. The Balaban J connectivity index is 1.35. The van der Waals surface area contributed by atoms with E-state index in [2.05, 4.69) is 16.2 Å². The normalized spacial score (nSPS) is 33.2. The monoisotopic (exact) mass is 378 g/mol. The predicted molar refractivity (Wildman–Crippen MR) is 94.2 cm³/mol. The van der Waals surface area contributed by atoms with Gasteiger partial charge in [0.2, 0.25) is 11.8 Å². The number of carbonyl (C=O) groups excluding carboxylic acids is 2. The topological polar surface area (TPSA) is 73.5 Å². The molecule has 2 heterocycles. The lowest BCUT2D eigenvalue weighted by Gasteiger charge is -2.34. The molecule has 2 amide bonds. The number of nitrogens with one attached hydrogen (secondary N) is 3. The van der Waals surface area contributed by atoms with E-state index in [0.29, 0.717) is 6.42 Å². The molecule has 27 heavy (non-hydrogen) atoms. The lowest BCUT2D eigenvalue weighted by atomic mass is 9.82. The van der Waals surface area contributed by atoms with Crippen molar-refractivity contribution in [2.24, 2.45) is 11.8 Å². The standard InChI is InChI=1S/C19H24F2N4O2/c20-13-6-4-11(5-7-13)9-22-19(27)12-8-16(26)25(10-12)18-17-14(21)2-1-3-15(17)23-24-18/h4-7,12,14-15,17-18,23-24H,1-3,8-10H2,(H,22,27). The van der Waals surface area contributed by atoms with Crippen LogP contribution in [0.2, 0.25) is 0 Å². The Labute approximate surface area is 156 Å². The molecule has 4 rings (SSSR count). The summed E-state index contributed by atoms with van der Waals surface area (Å²) in [6, 6.07) is 5.93. The molecule has 0 aromatic heterocycles. The van der Waals surface area contributed by atoms with Crippen molar-refractivity contribution in [2.75, 3.05) is 6.54 Å². The number of hydrazine groups is 1. The second kappa shape index (κ2) is 7.52. The van der Waals surface area contributed by atoms with Gasteiger partial charge in [0.15, 0.2) is 0 Å². The Kier molecular flexibility index (Phi) is 5.10. The number of nitrogens with zero attached hydrogens (tertiary/aromatic N) is 1. The molecule has 6 nitrogen and oxygen atoms in total. The number of amides is 2. The minimum absolute atomic E-state index is 0.0258. The average Bonchev–Trinajstić information content (AvgIpc) is 3.25. The molecular formula is C19H24F2N4O2. The average molecular weight is 378 g/mol. The molecule has 3 fully saturated rings. The molecule has 5 atom stereocenters. The quantitative estimate of drug-likeness (QED) is 0.737. The van der Waals surface area contributed by atoms with Crippen LogP contribution in [0.15, 0.2) is 24.3 Å². The van der Waals surface area contributed by atoms with E-state index in [1.54, 1.807) is 17.0 Å². The number of benzene rings is 1. The number of hydrogen-bond acceptors (Lipinski definition) is 4. The van der Waals surface area contributed by atoms with Crippen LogP contribution in [0.5, 0.6) is 0 Å². The highest BCUT2D eigenvalue weighted by atomic mass is 19.1. The molecule has 2 aliphatic heterocycles. The van der Waals surface area contributed by atoms with Gasteiger partial charge < -0.3 is 10.2 Å². The zero-order valence-electron chi connectivity index (χ0n) is 15.0. The summed E-state index contributed by atoms with van der Waals surface area (Å²) < 4.78 is 27.4. The third-order valence-electron chi connectivity index (χ3n) is 5.90. The smallest absolute Gasteiger partial charge is 0.225 e. The van der Waals surface area contributed by atoms with Gasteiger partial charge in [-0.15, -0.1) is 0 Å². The van der Waals surface area contributed by atoms with Crippen molar-refractivity contribution in [1.82, 2.24) is 21.1 Å². The fourth-order valence-corrected chi connectivity index (χ4v) is 4.44. The van der Waals surface area contributed by atoms with Gasteiger partial charge in [-0.25, -0.2) is 14.2 Å². The van der Waals surface area contributed by atoms with Gasteiger partial charge in [0.25, 0.3) is 0 Å². The maximum atomic E-state index is 14.4. The zero-order valence-corrected chi connectivity index (χ0v) is 15.0. The van der Waals surface area contributed by atoms with Gasteiger partial charge in [-0.05, 0) is 37.0 Å². The molecule has 1 aromatic rings. The summed E-state index contributed by atoms with van der Waals surface area (Å²) in [7, 11) is 0. The number of carbonyl (C=O) groups is 2. The number of hydrogen-bond donors (Lipinski definition) is 3. The largest absolute Gasteiger partial charge is 0.352 e. The van der Waals surface area contributed by atoms with Gasteiger partial charge in [0.1, 0.15) is 18.2 Å². The molecule has 146 valence electrons. The molecule has 3 aliphatic rings. The first-order valence-corrected chi connectivity index (χ1v) is 9.49. The Bertz CT molecular complexity index is 714. The van der Waals surface area contributed by atoms with Crippen molar-refractivity contribution in [1.29, 1.82) is 0 Å². The zero-order chi connectivity index (χ0) is 19.0. The summed E-state index contributed by atoms with van der Waals surface area (Å²) in [5.74, 6) is -1.40. The van der Waals surface area contributed by atoms with Crippen LogP contribution in [0.3, 0.4) is 0 Å². The molecule has 5 unspecified atom stereocenters. The predicted octanol–water partition coefficient (Wildman–Crippen LogP) is 1.23. The summed E-state index contributed by atoms with van der Waals surface area (Å²) in [6.45, 7) is 0.563. The van der Waals surface area contributed by atoms with E-state index >= 15 is 0 Å². The highest BCUT2D eigenvalue weighted by molar-refractivity contribution is 5.89. The van der Waals surface area contributed by atoms with Crippen molar-refractivity contribution >= 4 is 11.8 Å². The van der Waals surface area contributed by atoms with Crippen molar-refractivity contribution < 1.29 is 18.4 Å². The Morgan fingerprint density at radius 1 is 1.22 bits per heavy atom. The number of likely N-dealkylation sites (tertiary alicyclic amines) is 1. The van der Waals surface area contributed by atoms with Gasteiger partial charge in [0, 0.05) is 31.5 Å². The van der Waals surface area contributed by atoms with Crippen LogP contribution in [0.1, 0.15) is 31.2 Å². The Hall–Kier alpha value is -2.06. The van der Waals surface area contributed by atoms with Crippen LogP contribution in [-0.2, 0) is 16.1 Å². The number of fused-ring (bicyclic) bond motifs is 1. The van der Waals surface area contributed by atoms with Crippen molar-refractivity contribution in [3.63, 3.8) is 0 Å². The van der Waals surface area contributed by atoms with Crippen molar-refractivity contribution in [2.45, 2.75) is 50.6 Å². The van der Waals surface area contributed by atoms with Crippen LogP contribution in [0, 0.1) is 17.7 Å². The summed E-state index contributed by atoms with van der Waals surface area (Å²) in [6.07, 6.45) is 1.01. The number of halogens is 2. The third kappa shape index (κ3) is 3.68. The molecular weight excluding hydrogens is 354 g/mol. The first-order chi connectivity index (χ1) is 13.0. The summed E-state index contributed by atoms with van der Waals surface area (Å²) in [5, 5.41) is 2.81. The van der Waals surface area contributed by atoms with Crippen LogP contribution in [-0.4, -0.2) is 41.6 Å². The molecule has 1 aromatic carbocycles. The molecule has 3 N–H and O–H groups in total. The minimum atomic E-state index is -0.949. The van der Waals surface area contributed by atoms with Crippen LogP contribution in [0.4, 0.5) is 8.78 Å². The van der Waals surface area contributed by atoms with E-state index < -0.39 is 18.3 Å². The highest BCUT2D eigenvalue weighted by Crippen LogP contribution is 2.36. The summed E-state index contributed by atoms with van der Waals surface area (Å²) in [4.78, 5) is 26.6. The van der Waals surface area contributed by atoms with E-state index in [-0.39, 0.29) is 49.1 Å². The summed E-state index contributed by atoms with van der Waals surface area (Å²) >= 11 is 0. The second-order valence-corrected chi connectivity index (χ2v) is 7.66. The maximum absolute atomic E-state index is 14.4. The van der Waals surface area contributed by atoms with Gasteiger partial charge in [-0.2, -0.15) is 0 Å². The van der Waals surface area contributed by atoms with E-state index in [1.807, 2.05) is 0 Å². The number of rotatable bonds is 4. The Morgan fingerprint density at radius 3 is 2.78 bits per heavy atom. The van der Waals surface area contributed by atoms with Gasteiger partial charge in [-0.3, -0.25) is 15.0 Å². The van der Waals surface area contributed by atoms with E-state index in [0.717, 1.165) is 18.4 Å². The maximum Gasteiger partial charge on any atom is 0.225 e. The molecule has 0 bridgehead atoms. The lowest BCUT2D eigenvalue weighted by Crippen LogP contribution is -2.50. The van der Waals surface area contributed by atoms with E-state index in [4.69, 9.17) is 0 Å². The molecule has 2 saturated heterocycles. The molecule has 0 spiro atoms. The first-order valence-electron chi connectivity index (χ1n) is 9.49. The van der Waals surface area contributed by atoms with Gasteiger partial charge in [-0.1, -0.05) is 12.1 Å². The van der Waals surface area contributed by atoms with Crippen LogP contribution < -0.4 is 16.2 Å². The number of alkyl halides is 1. The van der Waals surface area contributed by atoms with Crippen LogP contribution in [0.25, 0.3) is 0 Å². The molecule has 1 saturated carbocycles. The fraction of sp³-hybridized carbons (Fsp3) is 0.579. The molecule has 1 aliphatic carbocycles. The van der Waals surface area contributed by atoms with E-state index in [1.165, 1.54) is 12.1 Å². The molecule has 8 heteroatoms. The fourth-order valence-electron chi connectivity index (χ4n) is 4.44. The first kappa shape index (κ1) is 18.3. The van der Waals surface area contributed by atoms with Crippen molar-refractivity contribution in [3.8, 4) is 0 Å². The third-order valence-corrected chi connectivity index (χ3v) is 5.90. The SMILES string of the molecule is O=C(NCc1ccc(F)cc1)C1CC(=O)N(C2NNC3CCCC(F)C32)C1. The van der Waals surface area contributed by atoms with E-state index in [9.17, 15) is 18.4 Å². The highest BCUT2D eigenvalue weighted by Gasteiger charge is 2.49. The van der Waals surface area contributed by atoms with Gasteiger partial charge in [0.05, 0.1) is 5.92 Å². The van der Waals surface area contributed by atoms with Crippen molar-refractivity contribution in [3.05, 3.63) is 35.6 Å². The van der Waals surface area contributed by atoms with Crippen LogP contribution >= 0.6 is 0 Å².